The van der Waals surface area contributed by atoms with Crippen LogP contribution in [0, 0.1) is 5.82 Å². The second-order valence-electron chi connectivity index (χ2n) is 7.73. The summed E-state index contributed by atoms with van der Waals surface area (Å²) in [4.78, 5) is 21.1. The molecular formula is C24H24FN5O2. The van der Waals surface area contributed by atoms with E-state index in [0.717, 1.165) is 33.8 Å². The van der Waals surface area contributed by atoms with Crippen molar-refractivity contribution in [2.45, 2.75) is 26.4 Å². The molecule has 164 valence electrons. The number of ether oxygens (including phenoxy) is 1. The van der Waals surface area contributed by atoms with Crippen molar-refractivity contribution >= 4 is 22.8 Å². The highest BCUT2D eigenvalue weighted by Gasteiger charge is 2.17. The number of amides is 1. The molecule has 0 saturated carbocycles. The van der Waals surface area contributed by atoms with Crippen LogP contribution in [0.3, 0.4) is 0 Å². The molecule has 4 rings (SSSR count). The number of methoxy groups -OCH3 is 1. The van der Waals surface area contributed by atoms with E-state index in [1.807, 2.05) is 30.5 Å². The van der Waals surface area contributed by atoms with Gasteiger partial charge in [-0.1, -0.05) is 24.3 Å². The van der Waals surface area contributed by atoms with Gasteiger partial charge in [-0.3, -0.25) is 4.79 Å². The topological polar surface area (TPSA) is 95.1 Å². The van der Waals surface area contributed by atoms with Crippen LogP contribution in [0.2, 0.25) is 0 Å². The zero-order valence-electron chi connectivity index (χ0n) is 18.1. The zero-order chi connectivity index (χ0) is 22.8. The Morgan fingerprint density at radius 1 is 1.19 bits per heavy atom. The minimum absolute atomic E-state index is 0.154. The third-order valence-electron chi connectivity index (χ3n) is 5.32. The van der Waals surface area contributed by atoms with Crippen molar-refractivity contribution in [2.24, 2.45) is 0 Å². The smallest absolute Gasteiger partial charge is 0.255 e. The number of carbonyl (C=O) groups excluding carboxylic acids is 1. The first-order chi connectivity index (χ1) is 15.4. The first-order valence-corrected chi connectivity index (χ1v) is 10.2. The molecule has 0 atom stereocenters. The van der Waals surface area contributed by atoms with E-state index in [2.05, 4.69) is 33.7 Å². The van der Waals surface area contributed by atoms with Crippen LogP contribution in [0.15, 0.2) is 55.0 Å². The van der Waals surface area contributed by atoms with Gasteiger partial charge in [0, 0.05) is 24.3 Å². The number of nitrogens with one attached hydrogen (secondary N) is 1. The summed E-state index contributed by atoms with van der Waals surface area (Å²) < 4.78 is 20.8. The Morgan fingerprint density at radius 3 is 2.62 bits per heavy atom. The fourth-order valence-corrected chi connectivity index (χ4v) is 3.66. The van der Waals surface area contributed by atoms with E-state index in [-0.39, 0.29) is 18.2 Å². The van der Waals surface area contributed by atoms with E-state index in [9.17, 15) is 9.18 Å². The van der Waals surface area contributed by atoms with Gasteiger partial charge in [0.1, 0.15) is 29.4 Å². The summed E-state index contributed by atoms with van der Waals surface area (Å²) in [6, 6.07) is 11.9. The lowest BCUT2D eigenvalue weighted by Gasteiger charge is -2.10. The van der Waals surface area contributed by atoms with Crippen molar-refractivity contribution in [3.63, 3.8) is 0 Å². The molecule has 7 nitrogen and oxygen atoms in total. The molecule has 2 aromatic heterocycles. The summed E-state index contributed by atoms with van der Waals surface area (Å²) in [5.74, 6) is -0.148. The lowest BCUT2D eigenvalue weighted by Crippen LogP contribution is -2.23. The molecule has 4 aromatic rings. The molecule has 1 amide bonds. The highest BCUT2D eigenvalue weighted by molar-refractivity contribution is 6.00. The maximum Gasteiger partial charge on any atom is 0.255 e. The van der Waals surface area contributed by atoms with E-state index in [0.29, 0.717) is 11.6 Å². The molecule has 0 aliphatic rings. The lowest BCUT2D eigenvalue weighted by molar-refractivity contribution is 0.0947. The highest BCUT2D eigenvalue weighted by Crippen LogP contribution is 2.34. The minimum Gasteiger partial charge on any atom is -0.496 e. The number of halogens is 1. The van der Waals surface area contributed by atoms with Crippen LogP contribution in [0.4, 0.5) is 10.2 Å². The molecule has 0 aliphatic carbocycles. The number of nitrogens with two attached hydrogens (primary N) is 1. The molecule has 0 fully saturated rings. The Labute approximate surface area is 185 Å². The SMILES string of the molecule is COc1ccc(F)cc1C(=O)NCc1ccc(-c2cn(C(C)C)c3ncnc(N)c23)cc1. The number of nitrogens with zero attached hydrogens (tertiary/aromatic N) is 3. The van der Waals surface area contributed by atoms with Gasteiger partial charge >= 0.3 is 0 Å². The Balaban J connectivity index is 1.56. The predicted octanol–water partition coefficient (Wildman–Crippen LogP) is 4.34. The molecule has 32 heavy (non-hydrogen) atoms. The predicted molar refractivity (Wildman–Crippen MR) is 122 cm³/mol. The number of hydrogen-bond acceptors (Lipinski definition) is 5. The maximum atomic E-state index is 13.5. The average molecular weight is 433 g/mol. The summed E-state index contributed by atoms with van der Waals surface area (Å²) >= 11 is 0. The van der Waals surface area contributed by atoms with Gasteiger partial charge < -0.3 is 20.4 Å². The van der Waals surface area contributed by atoms with E-state index in [4.69, 9.17) is 10.5 Å². The van der Waals surface area contributed by atoms with Gasteiger partial charge in [-0.2, -0.15) is 0 Å². The number of aromatic nitrogens is 3. The van der Waals surface area contributed by atoms with Crippen molar-refractivity contribution in [3.8, 4) is 16.9 Å². The fourth-order valence-electron chi connectivity index (χ4n) is 3.66. The quantitative estimate of drug-likeness (QED) is 0.472. The number of nitrogen functional groups attached to an aromatic ring is 1. The number of benzene rings is 2. The largest absolute Gasteiger partial charge is 0.496 e. The standard InChI is InChI=1S/C24H24FN5O2/c1-14(2)30-12-19(21-22(26)28-13-29-23(21)30)16-6-4-15(5-7-16)11-27-24(31)18-10-17(25)8-9-20(18)32-3/h4-10,12-14H,11H2,1-3H3,(H,27,31)(H2,26,28,29). The number of rotatable bonds is 6. The summed E-state index contributed by atoms with van der Waals surface area (Å²) in [5, 5.41) is 3.62. The molecular weight excluding hydrogens is 409 g/mol. The van der Waals surface area contributed by atoms with Crippen LogP contribution >= 0.6 is 0 Å². The third kappa shape index (κ3) is 3.99. The fraction of sp³-hybridized carbons (Fsp3) is 0.208. The lowest BCUT2D eigenvalue weighted by atomic mass is 10.0. The molecule has 0 radical (unpaired) electrons. The first-order valence-electron chi connectivity index (χ1n) is 10.2. The maximum absolute atomic E-state index is 13.5. The van der Waals surface area contributed by atoms with Crippen LogP contribution in [-0.4, -0.2) is 27.6 Å². The third-order valence-corrected chi connectivity index (χ3v) is 5.32. The van der Waals surface area contributed by atoms with Crippen molar-refractivity contribution in [1.82, 2.24) is 19.9 Å². The van der Waals surface area contributed by atoms with Crippen molar-refractivity contribution in [3.05, 3.63) is 71.9 Å². The van der Waals surface area contributed by atoms with Crippen LogP contribution in [0.25, 0.3) is 22.2 Å². The molecule has 8 heteroatoms. The van der Waals surface area contributed by atoms with E-state index in [1.165, 1.54) is 25.6 Å². The summed E-state index contributed by atoms with van der Waals surface area (Å²) in [6.45, 7) is 4.46. The normalized spacial score (nSPS) is 11.2. The van der Waals surface area contributed by atoms with Gasteiger partial charge in [0.2, 0.25) is 0 Å². The van der Waals surface area contributed by atoms with Gasteiger partial charge in [0.15, 0.2) is 0 Å². The number of fused-ring (bicyclic) bond motifs is 1. The molecule has 2 heterocycles. The van der Waals surface area contributed by atoms with Gasteiger partial charge in [-0.05, 0) is 43.2 Å². The molecule has 3 N–H and O–H groups in total. The Morgan fingerprint density at radius 2 is 1.94 bits per heavy atom. The zero-order valence-corrected chi connectivity index (χ0v) is 18.1. The molecule has 0 unspecified atom stereocenters. The molecule has 0 bridgehead atoms. The highest BCUT2D eigenvalue weighted by atomic mass is 19.1. The van der Waals surface area contributed by atoms with E-state index < -0.39 is 11.7 Å². The van der Waals surface area contributed by atoms with Crippen molar-refractivity contribution in [1.29, 1.82) is 0 Å². The minimum atomic E-state index is -0.496. The van der Waals surface area contributed by atoms with Crippen LogP contribution < -0.4 is 15.8 Å². The Kier molecular flexibility index (Phi) is 5.77. The second-order valence-corrected chi connectivity index (χ2v) is 7.73. The molecule has 0 aliphatic heterocycles. The van der Waals surface area contributed by atoms with Gasteiger partial charge in [0.05, 0.1) is 18.1 Å². The molecule has 0 spiro atoms. The van der Waals surface area contributed by atoms with Gasteiger partial charge in [-0.25, -0.2) is 14.4 Å². The summed E-state index contributed by atoms with van der Waals surface area (Å²) in [6.07, 6.45) is 3.51. The molecule has 0 saturated heterocycles. The van der Waals surface area contributed by atoms with Crippen molar-refractivity contribution in [2.75, 3.05) is 12.8 Å². The first kappa shape index (κ1) is 21.3. The van der Waals surface area contributed by atoms with Crippen molar-refractivity contribution < 1.29 is 13.9 Å². The van der Waals surface area contributed by atoms with Gasteiger partial charge in [-0.15, -0.1) is 0 Å². The van der Waals surface area contributed by atoms with Gasteiger partial charge in [0.25, 0.3) is 5.91 Å². The van der Waals surface area contributed by atoms with Crippen LogP contribution in [0.5, 0.6) is 5.75 Å². The number of hydrogen-bond donors (Lipinski definition) is 2. The average Bonchev–Trinajstić information content (AvgIpc) is 3.19. The monoisotopic (exact) mass is 433 g/mol. The van der Waals surface area contributed by atoms with Crippen LogP contribution in [-0.2, 0) is 6.54 Å². The molecule has 2 aromatic carbocycles. The summed E-state index contributed by atoms with van der Waals surface area (Å²) in [5.41, 5.74) is 9.93. The Hall–Kier alpha value is -3.94. The van der Waals surface area contributed by atoms with E-state index >= 15 is 0 Å². The number of carbonyl (C=O) groups is 1. The Bertz CT molecular complexity index is 1280. The van der Waals surface area contributed by atoms with E-state index in [1.54, 1.807) is 0 Å². The van der Waals surface area contributed by atoms with Crippen LogP contribution in [0.1, 0.15) is 35.8 Å². The second kappa shape index (κ2) is 8.66. The number of anilines is 1. The summed E-state index contributed by atoms with van der Waals surface area (Å²) in [7, 11) is 1.44.